The van der Waals surface area contributed by atoms with Gasteiger partial charge in [0.15, 0.2) is 0 Å². The van der Waals surface area contributed by atoms with E-state index in [2.05, 4.69) is 5.32 Å². The van der Waals surface area contributed by atoms with E-state index in [0.29, 0.717) is 0 Å². The van der Waals surface area contributed by atoms with Gasteiger partial charge in [0.2, 0.25) is 0 Å². The molecule has 0 fully saturated rings. The molecule has 0 aromatic carbocycles. The molecule has 0 unspecified atom stereocenters. The summed E-state index contributed by atoms with van der Waals surface area (Å²) in [6, 6.07) is 0. The summed E-state index contributed by atoms with van der Waals surface area (Å²) in [6.07, 6.45) is 0. The summed E-state index contributed by atoms with van der Waals surface area (Å²) in [5.41, 5.74) is 0. The van der Waals surface area contributed by atoms with E-state index in [1.54, 1.807) is 7.05 Å². The van der Waals surface area contributed by atoms with Gasteiger partial charge in [0.1, 0.15) is 0 Å². The first kappa shape index (κ1) is 10.2. The smallest absolute Gasteiger partial charge is 0.317 e. The average Bonchev–Trinajstić information content (AvgIpc) is 1.35. The molecule has 0 aromatic heterocycles. The van der Waals surface area contributed by atoms with Crippen LogP contribution in [0.4, 0.5) is 0 Å². The van der Waals surface area contributed by atoms with Crippen molar-refractivity contribution in [3.63, 3.8) is 0 Å². The molecular formula is C3H7NO2Pt. The minimum Gasteiger partial charge on any atom is -0.480 e. The molecule has 0 saturated heterocycles. The topological polar surface area (TPSA) is 49.3 Å². The molecule has 2 N–H and O–H groups in total. The van der Waals surface area contributed by atoms with Crippen molar-refractivity contribution in [2.75, 3.05) is 13.6 Å². The molecule has 0 bridgehead atoms. The van der Waals surface area contributed by atoms with Crippen molar-refractivity contribution in [3.8, 4) is 0 Å². The fourth-order valence-electron chi connectivity index (χ4n) is 0.151. The van der Waals surface area contributed by atoms with Gasteiger partial charge in [-0.2, -0.15) is 0 Å². The molecule has 0 amide bonds. The molecule has 0 spiro atoms. The molecule has 0 aromatic rings. The number of carbonyl (C=O) groups is 1. The van der Waals surface area contributed by atoms with Gasteiger partial charge in [-0.3, -0.25) is 4.79 Å². The van der Waals surface area contributed by atoms with Crippen molar-refractivity contribution in [3.05, 3.63) is 0 Å². The van der Waals surface area contributed by atoms with Gasteiger partial charge in [-0.05, 0) is 7.05 Å². The number of carboxylic acid groups (broad SMARTS) is 1. The maximum absolute atomic E-state index is 9.54. The van der Waals surface area contributed by atoms with Crippen molar-refractivity contribution < 1.29 is 31.0 Å². The van der Waals surface area contributed by atoms with Crippen LogP contribution in [0.3, 0.4) is 0 Å². The van der Waals surface area contributed by atoms with Crippen LogP contribution in [0.1, 0.15) is 0 Å². The Morgan fingerprint density at radius 1 is 1.86 bits per heavy atom. The Balaban J connectivity index is 0. The third-order valence-corrected chi connectivity index (χ3v) is 0.328. The molecule has 7 heavy (non-hydrogen) atoms. The minimum atomic E-state index is -0.822. The molecular weight excluding hydrogens is 277 g/mol. The maximum atomic E-state index is 9.54. The van der Waals surface area contributed by atoms with E-state index in [1.807, 2.05) is 0 Å². The van der Waals surface area contributed by atoms with Crippen molar-refractivity contribution in [1.29, 1.82) is 0 Å². The SMILES string of the molecule is CNCC(=O)O.[Pt]. The van der Waals surface area contributed by atoms with E-state index in [4.69, 9.17) is 5.11 Å². The van der Waals surface area contributed by atoms with Gasteiger partial charge < -0.3 is 10.4 Å². The van der Waals surface area contributed by atoms with Crippen molar-refractivity contribution in [2.45, 2.75) is 0 Å². The first-order valence-corrected chi connectivity index (χ1v) is 1.63. The molecule has 0 aliphatic carbocycles. The van der Waals surface area contributed by atoms with Crippen LogP contribution in [0.5, 0.6) is 0 Å². The molecule has 3 nitrogen and oxygen atoms in total. The molecule has 46 valence electrons. The standard InChI is InChI=1S/C3H7NO2.Pt/c1-4-2-3(5)6;/h4H,2H2,1H3,(H,5,6);. The Morgan fingerprint density at radius 2 is 2.29 bits per heavy atom. The van der Waals surface area contributed by atoms with Gasteiger partial charge in [0, 0.05) is 21.1 Å². The monoisotopic (exact) mass is 284 g/mol. The van der Waals surface area contributed by atoms with Gasteiger partial charge in [-0.25, -0.2) is 0 Å². The van der Waals surface area contributed by atoms with Crippen LogP contribution in [0.15, 0.2) is 0 Å². The number of nitrogens with one attached hydrogen (secondary N) is 1. The number of hydrogen-bond donors (Lipinski definition) is 2. The van der Waals surface area contributed by atoms with Crippen LogP contribution in [-0.4, -0.2) is 24.7 Å². The van der Waals surface area contributed by atoms with E-state index in [-0.39, 0.29) is 27.6 Å². The summed E-state index contributed by atoms with van der Waals surface area (Å²) in [5, 5.41) is 10.3. The molecule has 0 saturated carbocycles. The quantitative estimate of drug-likeness (QED) is 0.704. The number of aliphatic carboxylic acids is 1. The fraction of sp³-hybridized carbons (Fsp3) is 0.667. The van der Waals surface area contributed by atoms with Crippen molar-refractivity contribution in [2.24, 2.45) is 0 Å². The Labute approximate surface area is 56.4 Å². The van der Waals surface area contributed by atoms with E-state index in [1.165, 1.54) is 0 Å². The molecule has 0 aliphatic heterocycles. The third kappa shape index (κ3) is 10.7. The number of carboxylic acids is 1. The second kappa shape index (κ2) is 6.12. The summed E-state index contributed by atoms with van der Waals surface area (Å²) < 4.78 is 0. The first-order chi connectivity index (χ1) is 2.77. The molecule has 0 aliphatic rings. The molecule has 0 heterocycles. The van der Waals surface area contributed by atoms with Crippen LogP contribution in [0.2, 0.25) is 0 Å². The fourth-order valence-corrected chi connectivity index (χ4v) is 0.151. The Morgan fingerprint density at radius 3 is 2.29 bits per heavy atom. The summed E-state index contributed by atoms with van der Waals surface area (Å²) in [5.74, 6) is -0.822. The summed E-state index contributed by atoms with van der Waals surface area (Å²) in [6.45, 7) is 0.0417. The molecule has 0 rings (SSSR count). The predicted octanol–water partition coefficient (Wildman–Crippen LogP) is -0.712. The van der Waals surface area contributed by atoms with Crippen LogP contribution in [-0.2, 0) is 25.9 Å². The van der Waals surface area contributed by atoms with E-state index in [0.717, 1.165) is 0 Å². The van der Waals surface area contributed by atoms with Crippen molar-refractivity contribution >= 4 is 5.97 Å². The zero-order chi connectivity index (χ0) is 4.99. The number of rotatable bonds is 2. The Hall–Kier alpha value is 0.118. The van der Waals surface area contributed by atoms with Gasteiger partial charge in [0.05, 0.1) is 6.54 Å². The summed E-state index contributed by atoms with van der Waals surface area (Å²) in [7, 11) is 1.59. The van der Waals surface area contributed by atoms with E-state index < -0.39 is 5.97 Å². The maximum Gasteiger partial charge on any atom is 0.317 e. The zero-order valence-electron chi connectivity index (χ0n) is 3.88. The molecule has 4 heteroatoms. The van der Waals surface area contributed by atoms with E-state index in [9.17, 15) is 4.79 Å². The third-order valence-electron chi connectivity index (χ3n) is 0.328. The van der Waals surface area contributed by atoms with Crippen LogP contribution >= 0.6 is 0 Å². The number of likely N-dealkylation sites (N-methyl/N-ethyl adjacent to an activating group) is 1. The van der Waals surface area contributed by atoms with Gasteiger partial charge >= 0.3 is 5.97 Å². The van der Waals surface area contributed by atoms with Gasteiger partial charge in [-0.1, -0.05) is 0 Å². The first-order valence-electron chi connectivity index (χ1n) is 1.63. The molecule has 0 radical (unpaired) electrons. The molecule has 0 atom stereocenters. The second-order valence-corrected chi connectivity index (χ2v) is 0.924. The minimum absolute atomic E-state index is 0. The Bertz CT molecular complexity index is 56.9. The second-order valence-electron chi connectivity index (χ2n) is 0.924. The normalized spacial score (nSPS) is 7.00. The van der Waals surface area contributed by atoms with Gasteiger partial charge in [-0.15, -0.1) is 0 Å². The van der Waals surface area contributed by atoms with Crippen LogP contribution in [0, 0.1) is 0 Å². The Kier molecular flexibility index (Phi) is 8.89. The van der Waals surface area contributed by atoms with Crippen LogP contribution in [0.25, 0.3) is 0 Å². The average molecular weight is 284 g/mol. The summed E-state index contributed by atoms with van der Waals surface area (Å²) in [4.78, 5) is 9.54. The predicted molar refractivity (Wildman–Crippen MR) is 21.6 cm³/mol. The zero-order valence-corrected chi connectivity index (χ0v) is 6.15. The van der Waals surface area contributed by atoms with Crippen LogP contribution < -0.4 is 5.32 Å². The van der Waals surface area contributed by atoms with Crippen molar-refractivity contribution in [1.82, 2.24) is 5.32 Å². The summed E-state index contributed by atoms with van der Waals surface area (Å²) >= 11 is 0. The largest absolute Gasteiger partial charge is 0.480 e. The van der Waals surface area contributed by atoms with E-state index >= 15 is 0 Å². The van der Waals surface area contributed by atoms with Gasteiger partial charge in [0.25, 0.3) is 0 Å². The number of hydrogen-bond acceptors (Lipinski definition) is 2.